The van der Waals surface area contributed by atoms with Crippen molar-refractivity contribution in [2.75, 3.05) is 7.11 Å². The smallest absolute Gasteiger partial charge is 0.330 e. The summed E-state index contributed by atoms with van der Waals surface area (Å²) in [5.74, 6) is -1.36. The molecule has 0 aliphatic carbocycles. The Hall–Kier alpha value is -1.58. The lowest BCUT2D eigenvalue weighted by molar-refractivity contribution is -0.135. The van der Waals surface area contributed by atoms with Crippen LogP contribution < -0.4 is 0 Å². The molecule has 72 valence electrons. The molecule has 0 aliphatic rings. The average Bonchev–Trinajstić information content (AvgIpc) is 2.10. The molecule has 4 nitrogen and oxygen atoms in total. The second-order valence-corrected chi connectivity index (χ2v) is 2.24. The normalized spacial score (nSPS) is 10.8. The van der Waals surface area contributed by atoms with E-state index in [0.717, 1.165) is 6.08 Å². The van der Waals surface area contributed by atoms with Crippen LogP contribution in [0, 0.1) is 0 Å². The number of ether oxygens (including phenoxy) is 1. The molecular formula is C9H12O4. The highest BCUT2D eigenvalue weighted by Crippen LogP contribution is 1.93. The Balaban J connectivity index is 3.51. The first-order valence-corrected chi connectivity index (χ1v) is 3.80. The fourth-order valence-corrected chi connectivity index (χ4v) is 0.624. The fourth-order valence-electron chi connectivity index (χ4n) is 0.624. The van der Waals surface area contributed by atoms with Crippen LogP contribution in [-0.2, 0) is 14.3 Å². The summed E-state index contributed by atoms with van der Waals surface area (Å²) in [5.41, 5.74) is 0. The maximum Gasteiger partial charge on any atom is 0.330 e. The van der Waals surface area contributed by atoms with Gasteiger partial charge < -0.3 is 9.84 Å². The number of carboxylic acids is 1. The standard InChI is InChI=1S/C9H12O4/c1-13-9(12)7-5-3-2-4-6-8(10)11/h4-7H,2-3H2,1H3,(H,10,11)/b6-4+,7-5-. The zero-order chi connectivity index (χ0) is 10.1. The third kappa shape index (κ3) is 8.33. The molecule has 1 N–H and O–H groups in total. The summed E-state index contributed by atoms with van der Waals surface area (Å²) in [6.45, 7) is 0. The number of aliphatic carboxylic acids is 1. The minimum Gasteiger partial charge on any atom is -0.478 e. The van der Waals surface area contributed by atoms with E-state index in [1.807, 2.05) is 0 Å². The van der Waals surface area contributed by atoms with Gasteiger partial charge in [0.2, 0.25) is 0 Å². The summed E-state index contributed by atoms with van der Waals surface area (Å²) in [6.07, 6.45) is 6.78. The number of allylic oxidation sites excluding steroid dienone is 2. The van der Waals surface area contributed by atoms with Gasteiger partial charge in [-0.25, -0.2) is 9.59 Å². The van der Waals surface area contributed by atoms with Gasteiger partial charge in [-0.1, -0.05) is 12.2 Å². The van der Waals surface area contributed by atoms with E-state index in [1.165, 1.54) is 19.3 Å². The third-order valence-electron chi connectivity index (χ3n) is 1.22. The minimum absolute atomic E-state index is 0.401. The van der Waals surface area contributed by atoms with Crippen molar-refractivity contribution >= 4 is 11.9 Å². The van der Waals surface area contributed by atoms with Gasteiger partial charge in [0.05, 0.1) is 7.11 Å². The molecule has 0 saturated heterocycles. The van der Waals surface area contributed by atoms with Gasteiger partial charge in [0.25, 0.3) is 0 Å². The van der Waals surface area contributed by atoms with Crippen LogP contribution in [0.2, 0.25) is 0 Å². The van der Waals surface area contributed by atoms with E-state index in [1.54, 1.807) is 6.08 Å². The van der Waals surface area contributed by atoms with Gasteiger partial charge in [0, 0.05) is 12.2 Å². The van der Waals surface area contributed by atoms with Gasteiger partial charge in [-0.15, -0.1) is 0 Å². The van der Waals surface area contributed by atoms with Crippen LogP contribution >= 0.6 is 0 Å². The lowest BCUT2D eigenvalue weighted by Gasteiger charge is -1.88. The summed E-state index contributed by atoms with van der Waals surface area (Å²) >= 11 is 0. The molecule has 0 saturated carbocycles. The van der Waals surface area contributed by atoms with Gasteiger partial charge in [-0.2, -0.15) is 0 Å². The van der Waals surface area contributed by atoms with Crippen molar-refractivity contribution in [1.29, 1.82) is 0 Å². The van der Waals surface area contributed by atoms with E-state index >= 15 is 0 Å². The van der Waals surface area contributed by atoms with Crippen LogP contribution in [-0.4, -0.2) is 24.2 Å². The molecule has 0 atom stereocenters. The molecule has 0 aliphatic heterocycles. The average molecular weight is 184 g/mol. The highest BCUT2D eigenvalue weighted by molar-refractivity contribution is 5.81. The predicted molar refractivity (Wildman–Crippen MR) is 47.2 cm³/mol. The van der Waals surface area contributed by atoms with Crippen LogP contribution in [0.4, 0.5) is 0 Å². The topological polar surface area (TPSA) is 63.6 Å². The van der Waals surface area contributed by atoms with Crippen LogP contribution in [0.15, 0.2) is 24.3 Å². The molecule has 0 amide bonds. The van der Waals surface area contributed by atoms with Gasteiger partial charge >= 0.3 is 11.9 Å². The number of carbonyl (C=O) groups is 2. The van der Waals surface area contributed by atoms with E-state index in [0.29, 0.717) is 12.8 Å². The number of methoxy groups -OCH3 is 1. The Labute approximate surface area is 76.5 Å². The van der Waals surface area contributed by atoms with Gasteiger partial charge in [-0.05, 0) is 12.8 Å². The Morgan fingerprint density at radius 3 is 2.23 bits per heavy atom. The van der Waals surface area contributed by atoms with Crippen molar-refractivity contribution < 1.29 is 19.4 Å². The lowest BCUT2D eigenvalue weighted by atomic mass is 10.2. The predicted octanol–water partition coefficient (Wildman–Crippen LogP) is 1.14. The number of unbranched alkanes of at least 4 members (excludes halogenated alkanes) is 1. The molecule has 0 spiro atoms. The third-order valence-corrected chi connectivity index (χ3v) is 1.22. The molecule has 0 fully saturated rings. The number of hydrogen-bond acceptors (Lipinski definition) is 3. The highest BCUT2D eigenvalue weighted by atomic mass is 16.5. The van der Waals surface area contributed by atoms with E-state index in [4.69, 9.17) is 5.11 Å². The molecule has 0 aromatic rings. The zero-order valence-corrected chi connectivity index (χ0v) is 7.40. The van der Waals surface area contributed by atoms with Crippen LogP contribution in [0.5, 0.6) is 0 Å². The summed E-state index contributed by atoms with van der Waals surface area (Å²) < 4.78 is 4.36. The van der Waals surface area contributed by atoms with E-state index in [-0.39, 0.29) is 0 Å². The van der Waals surface area contributed by atoms with Crippen molar-refractivity contribution in [2.24, 2.45) is 0 Å². The summed E-state index contributed by atoms with van der Waals surface area (Å²) in [7, 11) is 1.30. The molecule has 0 radical (unpaired) electrons. The molecule has 0 unspecified atom stereocenters. The number of hydrogen-bond donors (Lipinski definition) is 1. The molecule has 0 heterocycles. The number of carbonyl (C=O) groups excluding carboxylic acids is 1. The van der Waals surface area contributed by atoms with E-state index in [2.05, 4.69) is 4.74 Å². The SMILES string of the molecule is COC(=O)/C=C\CC/C=C/C(=O)O. The largest absolute Gasteiger partial charge is 0.478 e. The Kier molecular flexibility index (Phi) is 6.23. The quantitative estimate of drug-likeness (QED) is 0.395. The first-order chi connectivity index (χ1) is 6.16. The van der Waals surface area contributed by atoms with Crippen molar-refractivity contribution in [3.63, 3.8) is 0 Å². The number of carboxylic acid groups (broad SMARTS) is 1. The van der Waals surface area contributed by atoms with Crippen molar-refractivity contribution in [1.82, 2.24) is 0 Å². The van der Waals surface area contributed by atoms with Crippen molar-refractivity contribution in [2.45, 2.75) is 12.8 Å². The summed E-state index contributed by atoms with van der Waals surface area (Å²) in [6, 6.07) is 0. The number of esters is 1. The summed E-state index contributed by atoms with van der Waals surface area (Å²) in [5, 5.41) is 8.22. The monoisotopic (exact) mass is 184 g/mol. The molecule has 13 heavy (non-hydrogen) atoms. The van der Waals surface area contributed by atoms with Crippen molar-refractivity contribution in [3.05, 3.63) is 24.3 Å². The first kappa shape index (κ1) is 11.4. The minimum atomic E-state index is -0.961. The lowest BCUT2D eigenvalue weighted by Crippen LogP contribution is -1.93. The maximum atomic E-state index is 10.5. The van der Waals surface area contributed by atoms with Crippen LogP contribution in [0.25, 0.3) is 0 Å². The molecular weight excluding hydrogens is 172 g/mol. The fraction of sp³-hybridized carbons (Fsp3) is 0.333. The second kappa shape index (κ2) is 7.09. The highest BCUT2D eigenvalue weighted by Gasteiger charge is 1.88. The number of rotatable bonds is 5. The second-order valence-electron chi connectivity index (χ2n) is 2.24. The van der Waals surface area contributed by atoms with Crippen molar-refractivity contribution in [3.8, 4) is 0 Å². The Bertz CT molecular complexity index is 228. The van der Waals surface area contributed by atoms with Crippen LogP contribution in [0.1, 0.15) is 12.8 Å². The van der Waals surface area contributed by atoms with E-state index in [9.17, 15) is 9.59 Å². The zero-order valence-electron chi connectivity index (χ0n) is 7.40. The molecule has 4 heteroatoms. The molecule has 0 aromatic heterocycles. The molecule has 0 aromatic carbocycles. The molecule has 0 bridgehead atoms. The van der Waals surface area contributed by atoms with E-state index < -0.39 is 11.9 Å². The Morgan fingerprint density at radius 1 is 1.23 bits per heavy atom. The van der Waals surface area contributed by atoms with Gasteiger partial charge in [0.1, 0.15) is 0 Å². The Morgan fingerprint density at radius 2 is 1.77 bits per heavy atom. The first-order valence-electron chi connectivity index (χ1n) is 3.80. The van der Waals surface area contributed by atoms with Gasteiger partial charge in [-0.3, -0.25) is 0 Å². The maximum absolute atomic E-state index is 10.5. The van der Waals surface area contributed by atoms with Gasteiger partial charge in [0.15, 0.2) is 0 Å². The molecule has 0 rings (SSSR count). The summed E-state index contributed by atoms with van der Waals surface area (Å²) in [4.78, 5) is 20.5. The van der Waals surface area contributed by atoms with Crippen LogP contribution in [0.3, 0.4) is 0 Å².